The first-order valence-corrected chi connectivity index (χ1v) is 10.0. The van der Waals surface area contributed by atoms with Gasteiger partial charge in [-0.15, -0.1) is 0 Å². The Labute approximate surface area is 167 Å². The van der Waals surface area contributed by atoms with Crippen LogP contribution in [0.2, 0.25) is 0 Å². The fourth-order valence-corrected chi connectivity index (χ4v) is 3.93. The third-order valence-corrected chi connectivity index (χ3v) is 5.52. The lowest BCUT2D eigenvalue weighted by molar-refractivity contribution is -0.122. The largest absolute Gasteiger partial charge is 0.354 e. The highest BCUT2D eigenvalue weighted by molar-refractivity contribution is 5.76. The summed E-state index contributed by atoms with van der Waals surface area (Å²) in [6.07, 6.45) is 8.19. The first-order valence-electron chi connectivity index (χ1n) is 10.0. The maximum Gasteiger partial charge on any atom is 0.264 e. The molecule has 0 atom stereocenters. The van der Waals surface area contributed by atoms with Crippen molar-refractivity contribution in [3.63, 3.8) is 0 Å². The van der Waals surface area contributed by atoms with E-state index < -0.39 is 0 Å². The van der Waals surface area contributed by atoms with Gasteiger partial charge in [-0.25, -0.2) is 14.1 Å². The molecule has 0 spiro atoms. The van der Waals surface area contributed by atoms with E-state index in [1.807, 2.05) is 0 Å². The average molecular weight is 397 g/mol. The Hall–Kier alpha value is -3.03. The summed E-state index contributed by atoms with van der Waals surface area (Å²) in [6, 6.07) is 6.35. The zero-order valence-corrected chi connectivity index (χ0v) is 16.2. The molecule has 7 nitrogen and oxygen atoms in total. The van der Waals surface area contributed by atoms with Gasteiger partial charge in [0.25, 0.3) is 5.56 Å². The molecule has 1 N–H and O–H groups in total. The van der Waals surface area contributed by atoms with E-state index >= 15 is 0 Å². The van der Waals surface area contributed by atoms with Crippen LogP contribution in [0.4, 0.5) is 4.39 Å². The van der Waals surface area contributed by atoms with Crippen LogP contribution in [0.3, 0.4) is 0 Å². The summed E-state index contributed by atoms with van der Waals surface area (Å²) in [6.45, 7) is 0.975. The minimum atomic E-state index is -0.358. The van der Waals surface area contributed by atoms with E-state index in [0.29, 0.717) is 42.0 Å². The van der Waals surface area contributed by atoms with Gasteiger partial charge in [-0.3, -0.25) is 14.2 Å². The van der Waals surface area contributed by atoms with Crippen molar-refractivity contribution < 1.29 is 9.18 Å². The molecule has 2 aromatic heterocycles. The van der Waals surface area contributed by atoms with Gasteiger partial charge in [-0.05, 0) is 24.8 Å². The van der Waals surface area contributed by atoms with Crippen LogP contribution in [-0.4, -0.2) is 31.8 Å². The van der Waals surface area contributed by atoms with E-state index in [9.17, 15) is 14.0 Å². The van der Waals surface area contributed by atoms with Crippen LogP contribution >= 0.6 is 0 Å². The summed E-state index contributed by atoms with van der Waals surface area (Å²) < 4.78 is 16.9. The molecule has 0 radical (unpaired) electrons. The van der Waals surface area contributed by atoms with Crippen molar-refractivity contribution in [2.45, 2.75) is 45.2 Å². The van der Waals surface area contributed by atoms with Crippen LogP contribution in [0.5, 0.6) is 0 Å². The number of amides is 1. The minimum Gasteiger partial charge on any atom is -0.354 e. The van der Waals surface area contributed by atoms with Gasteiger partial charge in [0.15, 0.2) is 5.65 Å². The zero-order valence-electron chi connectivity index (χ0n) is 16.2. The standard InChI is InChI=1S/C21H24FN5O2/c22-18-8-4-3-7-16(18)13-26-14-24-20-17(21(26)29)12-25-27(20)10-9-23-19(28)11-15-5-1-2-6-15/h3-4,7-8,12,14-15H,1-2,5-6,9-11,13H2,(H,23,28). The quantitative estimate of drug-likeness (QED) is 0.664. The number of fused-ring (bicyclic) bond motifs is 1. The number of hydrogen-bond donors (Lipinski definition) is 1. The molecule has 1 aromatic carbocycles. The molecule has 2 heterocycles. The molecule has 8 heteroatoms. The molecule has 0 aliphatic heterocycles. The third kappa shape index (κ3) is 4.36. The molecule has 0 saturated heterocycles. The highest BCUT2D eigenvalue weighted by atomic mass is 19.1. The normalized spacial score (nSPS) is 14.5. The Morgan fingerprint density at radius 3 is 2.83 bits per heavy atom. The number of aromatic nitrogens is 4. The number of nitrogens with zero attached hydrogens (tertiary/aromatic N) is 4. The molecule has 1 amide bonds. The second-order valence-electron chi connectivity index (χ2n) is 7.58. The molecular weight excluding hydrogens is 373 g/mol. The van der Waals surface area contributed by atoms with Crippen molar-refractivity contribution >= 4 is 16.9 Å². The predicted molar refractivity (Wildman–Crippen MR) is 107 cm³/mol. The summed E-state index contributed by atoms with van der Waals surface area (Å²) in [4.78, 5) is 29.1. The number of halogens is 1. The SMILES string of the molecule is O=C(CC1CCCC1)NCCn1ncc2c(=O)n(Cc3ccccc3F)cnc21. The number of rotatable bonds is 7. The van der Waals surface area contributed by atoms with Gasteiger partial charge in [0.2, 0.25) is 5.91 Å². The lowest BCUT2D eigenvalue weighted by Gasteiger charge is -2.10. The molecule has 29 heavy (non-hydrogen) atoms. The first-order chi connectivity index (χ1) is 14.1. The van der Waals surface area contributed by atoms with E-state index in [0.717, 1.165) is 12.8 Å². The maximum atomic E-state index is 13.9. The molecule has 1 fully saturated rings. The topological polar surface area (TPSA) is 81.8 Å². The Balaban J connectivity index is 1.41. The summed E-state index contributed by atoms with van der Waals surface area (Å²) >= 11 is 0. The second kappa shape index (κ2) is 8.55. The zero-order chi connectivity index (χ0) is 20.2. The predicted octanol–water partition coefficient (Wildman–Crippen LogP) is 2.48. The third-order valence-electron chi connectivity index (χ3n) is 5.52. The minimum absolute atomic E-state index is 0.0635. The van der Waals surface area contributed by atoms with Crippen molar-refractivity contribution in [3.05, 3.63) is 58.5 Å². The van der Waals surface area contributed by atoms with E-state index in [1.54, 1.807) is 22.9 Å². The highest BCUT2D eigenvalue weighted by Crippen LogP contribution is 2.27. The fourth-order valence-electron chi connectivity index (χ4n) is 3.93. The van der Waals surface area contributed by atoms with Gasteiger partial charge in [0.1, 0.15) is 17.5 Å². The van der Waals surface area contributed by atoms with E-state index in [2.05, 4.69) is 15.4 Å². The van der Waals surface area contributed by atoms with Crippen molar-refractivity contribution in [3.8, 4) is 0 Å². The van der Waals surface area contributed by atoms with Crippen LogP contribution in [0.25, 0.3) is 11.0 Å². The molecule has 0 bridgehead atoms. The van der Waals surface area contributed by atoms with E-state index in [4.69, 9.17) is 0 Å². The van der Waals surface area contributed by atoms with Crippen LogP contribution < -0.4 is 10.9 Å². The molecule has 1 aliphatic carbocycles. The van der Waals surface area contributed by atoms with E-state index in [-0.39, 0.29) is 23.8 Å². The smallest absolute Gasteiger partial charge is 0.264 e. The van der Waals surface area contributed by atoms with Gasteiger partial charge in [-0.2, -0.15) is 5.10 Å². The summed E-state index contributed by atoms with van der Waals surface area (Å²) in [7, 11) is 0. The Kier molecular flexibility index (Phi) is 5.69. The van der Waals surface area contributed by atoms with Crippen molar-refractivity contribution in [2.24, 2.45) is 5.92 Å². The molecule has 1 saturated carbocycles. The van der Waals surface area contributed by atoms with E-state index in [1.165, 1.54) is 36.0 Å². The molecule has 4 rings (SSSR count). The Bertz CT molecular complexity index is 1070. The molecule has 152 valence electrons. The van der Waals surface area contributed by atoms with Gasteiger partial charge in [-0.1, -0.05) is 31.0 Å². The van der Waals surface area contributed by atoms with Crippen molar-refractivity contribution in [2.75, 3.05) is 6.54 Å². The summed E-state index contributed by atoms with van der Waals surface area (Å²) in [5.74, 6) is 0.215. The average Bonchev–Trinajstić information content (AvgIpc) is 3.36. The van der Waals surface area contributed by atoms with Crippen LogP contribution in [0.1, 0.15) is 37.7 Å². The number of nitrogens with one attached hydrogen (secondary N) is 1. The second-order valence-corrected chi connectivity index (χ2v) is 7.58. The lowest BCUT2D eigenvalue weighted by Crippen LogP contribution is -2.29. The first kappa shape index (κ1) is 19.3. The van der Waals surface area contributed by atoms with Crippen LogP contribution in [-0.2, 0) is 17.9 Å². The number of carbonyl (C=O) groups is 1. The van der Waals surface area contributed by atoms with Gasteiger partial charge in [0, 0.05) is 18.5 Å². The van der Waals surface area contributed by atoms with Crippen molar-refractivity contribution in [1.29, 1.82) is 0 Å². The van der Waals surface area contributed by atoms with Crippen molar-refractivity contribution in [1.82, 2.24) is 24.6 Å². The lowest BCUT2D eigenvalue weighted by atomic mass is 10.0. The fraction of sp³-hybridized carbons (Fsp3) is 0.429. The van der Waals surface area contributed by atoms with Crippen LogP contribution in [0.15, 0.2) is 41.6 Å². The summed E-state index contributed by atoms with van der Waals surface area (Å²) in [5, 5.41) is 7.54. The molecular formula is C21H24FN5O2. The monoisotopic (exact) mass is 397 g/mol. The Morgan fingerprint density at radius 1 is 1.24 bits per heavy atom. The Morgan fingerprint density at radius 2 is 2.03 bits per heavy atom. The summed E-state index contributed by atoms with van der Waals surface area (Å²) in [5.41, 5.74) is 0.618. The maximum absolute atomic E-state index is 13.9. The van der Waals surface area contributed by atoms with Gasteiger partial charge in [0.05, 0.1) is 19.3 Å². The highest BCUT2D eigenvalue weighted by Gasteiger charge is 2.18. The van der Waals surface area contributed by atoms with Gasteiger partial charge < -0.3 is 5.32 Å². The molecule has 3 aromatic rings. The van der Waals surface area contributed by atoms with Gasteiger partial charge >= 0.3 is 0 Å². The molecule has 0 unspecified atom stereocenters. The number of carbonyl (C=O) groups excluding carboxylic acids is 1. The number of benzene rings is 1. The molecule has 1 aliphatic rings. The number of hydrogen-bond acceptors (Lipinski definition) is 4. The van der Waals surface area contributed by atoms with Crippen LogP contribution in [0, 0.1) is 11.7 Å².